The lowest BCUT2D eigenvalue weighted by Gasteiger charge is -2.10. The van der Waals surface area contributed by atoms with Gasteiger partial charge in [-0.25, -0.2) is 23.8 Å². The molecular formula is C23H21N3O6S. The van der Waals surface area contributed by atoms with Gasteiger partial charge < -0.3 is 9.47 Å². The maximum absolute atomic E-state index is 12.3. The zero-order valence-electron chi connectivity index (χ0n) is 17.6. The summed E-state index contributed by atoms with van der Waals surface area (Å²) in [7, 11) is -2.86. The van der Waals surface area contributed by atoms with Crippen molar-refractivity contribution in [3.63, 3.8) is 0 Å². The van der Waals surface area contributed by atoms with Crippen molar-refractivity contribution >= 4 is 27.6 Å². The number of hydrogen-bond donors (Lipinski definition) is 2. The Balaban J connectivity index is 1.70. The van der Waals surface area contributed by atoms with Gasteiger partial charge in [-0.2, -0.15) is 5.10 Å². The van der Waals surface area contributed by atoms with Crippen LogP contribution >= 0.6 is 0 Å². The molecule has 0 fully saturated rings. The highest BCUT2D eigenvalue weighted by molar-refractivity contribution is 7.89. The summed E-state index contributed by atoms with van der Waals surface area (Å²) in [6, 6.07) is 22.1. The van der Waals surface area contributed by atoms with Crippen molar-refractivity contribution in [1.82, 2.24) is 5.43 Å². The Morgan fingerprint density at radius 2 is 1.48 bits per heavy atom. The molecule has 0 saturated heterocycles. The second kappa shape index (κ2) is 10.5. The van der Waals surface area contributed by atoms with Crippen molar-refractivity contribution < 1.29 is 27.5 Å². The topological polar surface area (TPSA) is 137 Å². The number of methoxy groups -OCH3 is 1. The van der Waals surface area contributed by atoms with Crippen LogP contribution in [0.5, 0.6) is 5.75 Å². The minimum Gasteiger partial charge on any atom is -0.495 e. The van der Waals surface area contributed by atoms with Crippen LogP contribution in [-0.4, -0.2) is 39.7 Å². The van der Waals surface area contributed by atoms with Crippen LogP contribution in [-0.2, 0) is 19.6 Å². The molecule has 33 heavy (non-hydrogen) atoms. The van der Waals surface area contributed by atoms with E-state index in [2.05, 4.69) is 10.5 Å². The molecule has 0 unspecified atom stereocenters. The number of hydrazone groups is 1. The molecule has 0 heterocycles. The lowest BCUT2D eigenvalue weighted by molar-refractivity contribution is -0.124. The SMILES string of the molecule is COc1ccc(C(=O)OCC(=O)NN=C(c2ccccc2)c2ccccc2)cc1S(N)(=O)=O. The molecule has 0 bridgehead atoms. The first-order valence-electron chi connectivity index (χ1n) is 9.65. The number of hydrogen-bond acceptors (Lipinski definition) is 7. The molecule has 9 nitrogen and oxygen atoms in total. The summed E-state index contributed by atoms with van der Waals surface area (Å²) in [6.07, 6.45) is 0. The normalized spacial score (nSPS) is 10.7. The summed E-state index contributed by atoms with van der Waals surface area (Å²) in [4.78, 5) is 24.2. The van der Waals surface area contributed by atoms with E-state index in [9.17, 15) is 18.0 Å². The molecule has 3 aromatic carbocycles. The van der Waals surface area contributed by atoms with Gasteiger partial charge >= 0.3 is 5.97 Å². The van der Waals surface area contributed by atoms with Crippen LogP contribution in [0.2, 0.25) is 0 Å². The lowest BCUT2D eigenvalue weighted by Crippen LogP contribution is -2.26. The van der Waals surface area contributed by atoms with Gasteiger partial charge in [0.15, 0.2) is 6.61 Å². The molecule has 0 aliphatic heterocycles. The van der Waals surface area contributed by atoms with Crippen LogP contribution in [0.1, 0.15) is 21.5 Å². The molecular weight excluding hydrogens is 446 g/mol. The van der Waals surface area contributed by atoms with Crippen molar-refractivity contribution in [3.8, 4) is 5.75 Å². The molecule has 0 saturated carbocycles. The smallest absolute Gasteiger partial charge is 0.338 e. The molecule has 3 N–H and O–H groups in total. The Bertz CT molecular complexity index is 1230. The molecule has 1 amide bonds. The van der Waals surface area contributed by atoms with Crippen LogP contribution in [0.3, 0.4) is 0 Å². The number of nitrogens with zero attached hydrogens (tertiary/aromatic N) is 1. The number of nitrogens with one attached hydrogen (secondary N) is 1. The number of benzene rings is 3. The summed E-state index contributed by atoms with van der Waals surface area (Å²) in [5, 5.41) is 9.35. The minimum atomic E-state index is -4.13. The summed E-state index contributed by atoms with van der Waals surface area (Å²) in [5.74, 6) is -1.60. The van der Waals surface area contributed by atoms with Gasteiger partial charge in [0.25, 0.3) is 5.91 Å². The first-order valence-corrected chi connectivity index (χ1v) is 11.2. The van der Waals surface area contributed by atoms with Crippen LogP contribution in [0, 0.1) is 0 Å². The Hall–Kier alpha value is -4.02. The summed E-state index contributed by atoms with van der Waals surface area (Å²) in [6.45, 7) is -0.629. The molecule has 0 radical (unpaired) electrons. The molecule has 170 valence electrons. The third-order valence-electron chi connectivity index (χ3n) is 4.43. The van der Waals surface area contributed by atoms with Gasteiger partial charge in [-0.3, -0.25) is 4.79 Å². The maximum Gasteiger partial charge on any atom is 0.338 e. The highest BCUT2D eigenvalue weighted by Gasteiger charge is 2.19. The van der Waals surface area contributed by atoms with E-state index in [1.165, 1.54) is 19.2 Å². The molecule has 10 heteroatoms. The number of primary sulfonamides is 1. The highest BCUT2D eigenvalue weighted by Crippen LogP contribution is 2.24. The van der Waals surface area contributed by atoms with E-state index in [0.717, 1.165) is 17.2 Å². The van der Waals surface area contributed by atoms with Crippen molar-refractivity contribution in [2.75, 3.05) is 13.7 Å². The van der Waals surface area contributed by atoms with E-state index < -0.39 is 28.5 Å². The summed E-state index contributed by atoms with van der Waals surface area (Å²) < 4.78 is 33.3. The number of carbonyl (C=O) groups is 2. The van der Waals surface area contributed by atoms with Gasteiger partial charge in [-0.1, -0.05) is 60.7 Å². The van der Waals surface area contributed by atoms with Crippen molar-refractivity contribution in [1.29, 1.82) is 0 Å². The molecule has 3 rings (SSSR count). The number of esters is 1. The monoisotopic (exact) mass is 467 g/mol. The Morgan fingerprint density at radius 3 is 2.00 bits per heavy atom. The van der Waals surface area contributed by atoms with Gasteiger partial charge in [-0.15, -0.1) is 0 Å². The fourth-order valence-electron chi connectivity index (χ4n) is 2.88. The zero-order chi connectivity index (χ0) is 23.8. The quantitative estimate of drug-likeness (QED) is 0.296. The molecule has 0 aliphatic carbocycles. The molecule has 0 aromatic heterocycles. The standard InChI is InChI=1S/C23H21N3O6S/c1-31-19-13-12-18(14-20(19)33(24,29)30)23(28)32-15-21(27)25-26-22(16-8-4-2-5-9-16)17-10-6-3-7-11-17/h2-14H,15H2,1H3,(H,25,27)(H2,24,29,30). The number of sulfonamides is 1. The first-order chi connectivity index (χ1) is 15.8. The second-order valence-electron chi connectivity index (χ2n) is 6.71. The fourth-order valence-corrected chi connectivity index (χ4v) is 3.60. The predicted molar refractivity (Wildman–Crippen MR) is 121 cm³/mol. The van der Waals surface area contributed by atoms with E-state index >= 15 is 0 Å². The summed E-state index contributed by atoms with van der Waals surface area (Å²) in [5.41, 5.74) is 4.38. The average molecular weight is 468 g/mol. The number of rotatable bonds is 8. The van der Waals surface area contributed by atoms with Gasteiger partial charge in [0.2, 0.25) is 10.0 Å². The molecule has 0 spiro atoms. The average Bonchev–Trinajstić information content (AvgIpc) is 2.83. The van der Waals surface area contributed by atoms with Crippen molar-refractivity contribution in [3.05, 3.63) is 95.6 Å². The highest BCUT2D eigenvalue weighted by atomic mass is 32.2. The van der Waals surface area contributed by atoms with E-state index in [-0.39, 0.29) is 16.2 Å². The Labute approximate surface area is 190 Å². The minimum absolute atomic E-state index is 0.0181. The van der Waals surface area contributed by atoms with Crippen LogP contribution in [0.25, 0.3) is 0 Å². The van der Waals surface area contributed by atoms with E-state index in [1.54, 1.807) is 0 Å². The zero-order valence-corrected chi connectivity index (χ0v) is 18.4. The van der Waals surface area contributed by atoms with Crippen molar-refractivity contribution in [2.45, 2.75) is 4.90 Å². The van der Waals surface area contributed by atoms with Crippen LogP contribution < -0.4 is 15.3 Å². The lowest BCUT2D eigenvalue weighted by atomic mass is 10.0. The van der Waals surface area contributed by atoms with Crippen LogP contribution in [0.4, 0.5) is 0 Å². The third-order valence-corrected chi connectivity index (χ3v) is 5.36. The van der Waals surface area contributed by atoms with Crippen molar-refractivity contribution in [2.24, 2.45) is 10.2 Å². The Morgan fingerprint density at radius 1 is 0.909 bits per heavy atom. The fraction of sp³-hybridized carbons (Fsp3) is 0.0870. The number of nitrogens with two attached hydrogens (primary N) is 1. The van der Waals surface area contributed by atoms with E-state index in [4.69, 9.17) is 14.6 Å². The van der Waals surface area contributed by atoms with Gasteiger partial charge in [-0.05, 0) is 18.2 Å². The number of ether oxygens (including phenoxy) is 2. The predicted octanol–water partition coefficient (Wildman–Crippen LogP) is 2.07. The van der Waals surface area contributed by atoms with Gasteiger partial charge in [0.05, 0.1) is 18.4 Å². The van der Waals surface area contributed by atoms with Gasteiger partial charge in [0.1, 0.15) is 10.6 Å². The summed E-state index contributed by atoms with van der Waals surface area (Å²) >= 11 is 0. The first kappa shape index (κ1) is 23.6. The third kappa shape index (κ3) is 6.25. The van der Waals surface area contributed by atoms with E-state index in [1.807, 2.05) is 60.7 Å². The van der Waals surface area contributed by atoms with Gasteiger partial charge in [0, 0.05) is 11.1 Å². The largest absolute Gasteiger partial charge is 0.495 e. The number of carbonyl (C=O) groups excluding carboxylic acids is 2. The number of amides is 1. The molecule has 0 aliphatic rings. The molecule has 3 aromatic rings. The van der Waals surface area contributed by atoms with Crippen LogP contribution in [0.15, 0.2) is 88.9 Å². The van der Waals surface area contributed by atoms with E-state index in [0.29, 0.717) is 5.71 Å². The maximum atomic E-state index is 12.3. The second-order valence-corrected chi connectivity index (χ2v) is 8.24. The molecule has 0 atom stereocenters. The Kier molecular flexibility index (Phi) is 7.54.